The number of hydrogen-bond acceptors (Lipinski definition) is 5. The molecule has 0 aliphatic heterocycles. The van der Waals surface area contributed by atoms with Crippen molar-refractivity contribution in [2.45, 2.75) is 6.92 Å². The van der Waals surface area contributed by atoms with Crippen LogP contribution in [0.5, 0.6) is 0 Å². The summed E-state index contributed by atoms with van der Waals surface area (Å²) < 4.78 is 32.1. The van der Waals surface area contributed by atoms with Crippen molar-refractivity contribution in [3.8, 4) is 0 Å². The maximum absolute atomic E-state index is 10.7. The molecule has 1 rings (SSSR count). The summed E-state index contributed by atoms with van der Waals surface area (Å²) in [5.74, 6) is -0.458. The van der Waals surface area contributed by atoms with E-state index < -0.39 is 16.0 Å². The smallest absolute Gasteiger partial charge is 0.213 e. The van der Waals surface area contributed by atoms with Crippen LogP contribution in [0.4, 0.5) is 5.69 Å². The van der Waals surface area contributed by atoms with Crippen molar-refractivity contribution in [3.05, 3.63) is 30.3 Å². The predicted octanol–water partition coefficient (Wildman–Crippen LogP) is 0.743. The fraction of sp³-hybridized carbons (Fsp3) is 0.455. The number of nitrogens with zero attached hydrogens (tertiary/aromatic N) is 2. The highest BCUT2D eigenvalue weighted by molar-refractivity contribution is 7.85. The van der Waals surface area contributed by atoms with Gasteiger partial charge in [0.05, 0.1) is 0 Å². The summed E-state index contributed by atoms with van der Waals surface area (Å²) in [6.45, 7) is 2.74. The average Bonchev–Trinajstić information content (AvgIpc) is 2.27. The van der Waals surface area contributed by atoms with Gasteiger partial charge in [-0.3, -0.25) is 0 Å². The van der Waals surface area contributed by atoms with E-state index in [1.807, 2.05) is 49.2 Å². The molecule has 0 unspecified atom stereocenters. The van der Waals surface area contributed by atoms with Gasteiger partial charge in [0.25, 0.3) is 0 Å². The Morgan fingerprint density at radius 1 is 1.29 bits per heavy atom. The largest absolute Gasteiger partial charge is 0.743 e. The Morgan fingerprint density at radius 2 is 1.88 bits per heavy atom. The van der Waals surface area contributed by atoms with E-state index in [0.29, 0.717) is 13.2 Å². The third-order valence-corrected chi connectivity index (χ3v) is 3.08. The Balaban J connectivity index is 2.63. The van der Waals surface area contributed by atoms with Crippen LogP contribution in [-0.2, 0) is 10.1 Å². The molecule has 0 N–H and O–H groups in total. The summed E-state index contributed by atoms with van der Waals surface area (Å²) in [7, 11) is -2.36. The van der Waals surface area contributed by atoms with Gasteiger partial charge in [-0.15, -0.1) is 4.90 Å². The lowest BCUT2D eigenvalue weighted by molar-refractivity contribution is 0.416. The summed E-state index contributed by atoms with van der Waals surface area (Å²) in [4.78, 5) is 3.48. The summed E-state index contributed by atoms with van der Waals surface area (Å²) in [5, 5.41) is 0. The zero-order valence-electron chi connectivity index (χ0n) is 10.0. The van der Waals surface area contributed by atoms with Gasteiger partial charge in [-0.1, -0.05) is 18.2 Å². The standard InChI is InChI=1S/C11H18N2O3S/c1-3-13(10-17(14,15)16)9-12(2)11-7-5-4-6-8-11/h4-8H,3,9-10H2,1-2H3,(H,14,15,16)/q+1/p-1. The van der Waals surface area contributed by atoms with Crippen molar-refractivity contribution in [2.24, 2.45) is 0 Å². The third-order valence-electron chi connectivity index (χ3n) is 2.40. The normalized spacial score (nSPS) is 11.8. The topological polar surface area (TPSA) is 66.3 Å². The van der Waals surface area contributed by atoms with Crippen LogP contribution in [0.25, 0.3) is 0 Å². The first-order valence-electron chi connectivity index (χ1n) is 5.34. The molecule has 0 heterocycles. The van der Waals surface area contributed by atoms with Crippen LogP contribution in [0.1, 0.15) is 6.92 Å². The lowest BCUT2D eigenvalue weighted by Crippen LogP contribution is -2.43. The van der Waals surface area contributed by atoms with Crippen LogP contribution in [0.3, 0.4) is 0 Å². The zero-order valence-corrected chi connectivity index (χ0v) is 10.9. The Bertz CT molecular complexity index is 433. The first-order valence-corrected chi connectivity index (χ1v) is 6.92. The van der Waals surface area contributed by atoms with Crippen LogP contribution in [0.2, 0.25) is 0 Å². The second-order valence-electron chi connectivity index (χ2n) is 3.85. The third kappa shape index (κ3) is 5.16. The molecule has 0 aliphatic rings. The molecule has 0 saturated heterocycles. The fourth-order valence-corrected chi connectivity index (χ4v) is 2.23. The number of rotatable bonds is 6. The molecule has 6 heteroatoms. The molecule has 0 atom stereocenters. The second kappa shape index (κ2) is 6.00. The first kappa shape index (κ1) is 14.0. The lowest BCUT2D eigenvalue weighted by Gasteiger charge is -2.21. The van der Waals surface area contributed by atoms with E-state index in [1.54, 1.807) is 4.90 Å². The van der Waals surface area contributed by atoms with Crippen molar-refractivity contribution in [2.75, 3.05) is 31.0 Å². The van der Waals surface area contributed by atoms with Crippen molar-refractivity contribution in [1.82, 2.24) is 4.90 Å². The molecule has 5 nitrogen and oxygen atoms in total. The Morgan fingerprint density at radius 3 is 2.35 bits per heavy atom. The fourth-order valence-electron chi connectivity index (χ4n) is 1.52. The number of anilines is 1. The van der Waals surface area contributed by atoms with E-state index in [9.17, 15) is 13.0 Å². The summed E-state index contributed by atoms with van der Waals surface area (Å²) >= 11 is 0. The van der Waals surface area contributed by atoms with Crippen LogP contribution in [0, 0.1) is 0 Å². The minimum absolute atomic E-state index is 0.405. The Labute approximate surface area is 102 Å². The maximum Gasteiger partial charge on any atom is 0.213 e. The molecule has 1 radical (unpaired) electrons. The van der Waals surface area contributed by atoms with Crippen LogP contribution < -0.4 is 9.80 Å². The summed E-state index contributed by atoms with van der Waals surface area (Å²) in [5.41, 5.74) is 0.981. The molecular weight excluding hydrogens is 240 g/mol. The van der Waals surface area contributed by atoms with Crippen molar-refractivity contribution < 1.29 is 13.0 Å². The van der Waals surface area contributed by atoms with Crippen LogP contribution >= 0.6 is 0 Å². The quantitative estimate of drug-likeness (QED) is 0.428. The summed E-state index contributed by atoms with van der Waals surface area (Å²) in [6.07, 6.45) is 0. The highest BCUT2D eigenvalue weighted by atomic mass is 32.2. The van der Waals surface area contributed by atoms with E-state index in [-0.39, 0.29) is 0 Å². The minimum atomic E-state index is -4.21. The van der Waals surface area contributed by atoms with E-state index in [2.05, 4.69) is 0 Å². The molecule has 0 fully saturated rings. The van der Waals surface area contributed by atoms with Crippen molar-refractivity contribution in [1.29, 1.82) is 0 Å². The molecule has 0 amide bonds. The molecule has 0 saturated carbocycles. The van der Waals surface area contributed by atoms with Gasteiger partial charge in [0.15, 0.2) is 16.8 Å². The highest BCUT2D eigenvalue weighted by Crippen LogP contribution is 2.10. The van der Waals surface area contributed by atoms with Gasteiger partial charge in [-0.05, 0) is 19.1 Å². The molecular formula is C11H17N2O3S. The minimum Gasteiger partial charge on any atom is -0.743 e. The van der Waals surface area contributed by atoms with Crippen molar-refractivity contribution in [3.63, 3.8) is 0 Å². The second-order valence-corrected chi connectivity index (χ2v) is 5.22. The molecule has 0 aromatic heterocycles. The Hall–Kier alpha value is -1.11. The average molecular weight is 257 g/mol. The van der Waals surface area contributed by atoms with Crippen LogP contribution in [-0.4, -0.2) is 39.1 Å². The molecule has 0 spiro atoms. The van der Waals surface area contributed by atoms with E-state index in [4.69, 9.17) is 0 Å². The van der Waals surface area contributed by atoms with E-state index in [0.717, 1.165) is 5.69 Å². The number of benzene rings is 1. The number of para-hydroxylation sites is 1. The van der Waals surface area contributed by atoms with Gasteiger partial charge in [-0.25, -0.2) is 8.42 Å². The Kier molecular flexibility index (Phi) is 4.92. The lowest BCUT2D eigenvalue weighted by atomic mass is 10.3. The highest BCUT2D eigenvalue weighted by Gasteiger charge is 2.18. The van der Waals surface area contributed by atoms with Gasteiger partial charge >= 0.3 is 0 Å². The van der Waals surface area contributed by atoms with Gasteiger partial charge in [0.2, 0.25) is 5.88 Å². The van der Waals surface area contributed by atoms with Crippen molar-refractivity contribution >= 4 is 15.8 Å². The molecule has 1 aromatic carbocycles. The van der Waals surface area contributed by atoms with E-state index >= 15 is 0 Å². The van der Waals surface area contributed by atoms with Crippen LogP contribution in [0.15, 0.2) is 30.3 Å². The summed E-state index contributed by atoms with van der Waals surface area (Å²) in [6, 6.07) is 9.59. The predicted molar refractivity (Wildman–Crippen MR) is 67.0 cm³/mol. The molecule has 0 bridgehead atoms. The first-order chi connectivity index (χ1) is 7.92. The van der Waals surface area contributed by atoms with Gasteiger partial charge in [0.1, 0.15) is 6.54 Å². The molecule has 0 aliphatic carbocycles. The monoisotopic (exact) mass is 257 g/mol. The molecule has 95 valence electrons. The van der Waals surface area contributed by atoms with E-state index in [1.165, 1.54) is 0 Å². The molecule has 17 heavy (non-hydrogen) atoms. The number of hydrogen-bond donors (Lipinski definition) is 0. The molecule has 1 aromatic rings. The maximum atomic E-state index is 10.7. The SMILES string of the molecule is CC[N+](CN(C)c1ccccc1)CS(=O)(=O)[O-]. The van der Waals surface area contributed by atoms with Gasteiger partial charge in [-0.2, -0.15) is 0 Å². The van der Waals surface area contributed by atoms with Gasteiger partial charge in [0, 0.05) is 12.7 Å². The van der Waals surface area contributed by atoms with Gasteiger partial charge < -0.3 is 9.45 Å². The zero-order chi connectivity index (χ0) is 12.9.